The first-order valence-electron chi connectivity index (χ1n) is 3.70. The third-order valence-corrected chi connectivity index (χ3v) is 1.75. The van der Waals surface area contributed by atoms with Crippen molar-refractivity contribution in [3.8, 4) is 0 Å². The molecule has 3 unspecified atom stereocenters. The lowest BCUT2D eigenvalue weighted by Crippen LogP contribution is -2.07. The molecule has 0 aromatic rings. The summed E-state index contributed by atoms with van der Waals surface area (Å²) in [5.74, 6) is 1.86. The molecule has 3 atom stereocenters. The Kier molecular flexibility index (Phi) is 3.92. The van der Waals surface area contributed by atoms with Crippen LogP contribution in [0.1, 0.15) is 27.2 Å². The summed E-state index contributed by atoms with van der Waals surface area (Å²) >= 11 is 0. The highest BCUT2D eigenvalue weighted by Gasteiger charge is 2.08. The molecular weight excluding hydrogens is 108 g/mol. The van der Waals surface area contributed by atoms with E-state index in [-0.39, 0.29) is 0 Å². The first kappa shape index (κ1) is 9.00. The molecule has 0 aliphatic heterocycles. The fourth-order valence-corrected chi connectivity index (χ4v) is 0.867. The fourth-order valence-electron chi connectivity index (χ4n) is 0.867. The number of hydrogen-bond acceptors (Lipinski definition) is 0. The van der Waals surface area contributed by atoms with Crippen LogP contribution >= 0.6 is 0 Å². The van der Waals surface area contributed by atoms with Crippen molar-refractivity contribution in [2.24, 2.45) is 17.8 Å². The van der Waals surface area contributed by atoms with Gasteiger partial charge in [-0.05, 0) is 24.2 Å². The molecule has 0 N–H and O–H groups in total. The van der Waals surface area contributed by atoms with E-state index < -0.39 is 0 Å². The number of rotatable bonds is 3. The summed E-state index contributed by atoms with van der Waals surface area (Å²) in [5.41, 5.74) is 0. The predicted octanol–water partition coefficient (Wildman–Crippen LogP) is 2.95. The molecule has 0 aromatic carbocycles. The molecule has 0 aromatic heterocycles. The molecule has 0 aliphatic rings. The number of hydrogen-bond donors (Lipinski definition) is 0. The molecule has 0 aliphatic carbocycles. The average Bonchev–Trinajstić information content (AvgIpc) is 1.63. The second-order valence-electron chi connectivity index (χ2n) is 3.30. The van der Waals surface area contributed by atoms with Crippen molar-refractivity contribution in [2.45, 2.75) is 27.2 Å². The van der Waals surface area contributed by atoms with Crippen LogP contribution < -0.4 is 0 Å². The molecule has 0 amide bonds. The van der Waals surface area contributed by atoms with Crippen LogP contribution in [0.4, 0.5) is 0 Å². The molecule has 0 saturated heterocycles. The van der Waals surface area contributed by atoms with Crippen LogP contribution in [0.15, 0.2) is 0 Å². The summed E-state index contributed by atoms with van der Waals surface area (Å²) in [6.07, 6.45) is 1.20. The van der Waals surface area contributed by atoms with Crippen molar-refractivity contribution in [3.05, 3.63) is 13.8 Å². The van der Waals surface area contributed by atoms with Crippen molar-refractivity contribution >= 4 is 0 Å². The summed E-state index contributed by atoms with van der Waals surface area (Å²) in [7, 11) is 0. The van der Waals surface area contributed by atoms with Crippen LogP contribution in [-0.4, -0.2) is 0 Å². The minimum Gasteiger partial charge on any atom is -0.0625 e. The van der Waals surface area contributed by atoms with E-state index >= 15 is 0 Å². The summed E-state index contributed by atoms with van der Waals surface area (Å²) in [6.45, 7) is 14.4. The Bertz CT molecular complexity index is 62.4. The topological polar surface area (TPSA) is 0 Å². The van der Waals surface area contributed by atoms with Crippen LogP contribution in [0.5, 0.6) is 0 Å². The lowest BCUT2D eigenvalue weighted by molar-refractivity contribution is 0.384. The maximum Gasteiger partial charge on any atom is -0.0414 e. The zero-order chi connectivity index (χ0) is 7.44. The lowest BCUT2D eigenvalue weighted by Gasteiger charge is -2.16. The quantitative estimate of drug-likeness (QED) is 0.545. The minimum atomic E-state index is 0.564. The first-order chi connectivity index (χ1) is 4.04. The highest BCUT2D eigenvalue weighted by Crippen LogP contribution is 2.17. The van der Waals surface area contributed by atoms with E-state index in [1.807, 2.05) is 0 Å². The van der Waals surface area contributed by atoms with Crippen LogP contribution in [0, 0.1) is 31.6 Å². The van der Waals surface area contributed by atoms with Gasteiger partial charge in [-0.3, -0.25) is 0 Å². The van der Waals surface area contributed by atoms with E-state index in [1.54, 1.807) is 0 Å². The third kappa shape index (κ3) is 4.50. The largest absolute Gasteiger partial charge is 0.0625 e. The Morgan fingerprint density at radius 2 is 1.56 bits per heavy atom. The van der Waals surface area contributed by atoms with Crippen LogP contribution in [0.3, 0.4) is 0 Å². The molecule has 2 radical (unpaired) electrons. The molecule has 54 valence electrons. The van der Waals surface area contributed by atoms with Gasteiger partial charge in [-0.25, -0.2) is 0 Å². The molecule has 9 heavy (non-hydrogen) atoms. The van der Waals surface area contributed by atoms with Gasteiger partial charge in [0.1, 0.15) is 0 Å². The molecule has 0 fully saturated rings. The highest BCUT2D eigenvalue weighted by molar-refractivity contribution is 4.67. The summed E-state index contributed by atoms with van der Waals surface area (Å²) < 4.78 is 0. The van der Waals surface area contributed by atoms with Crippen LogP contribution in [-0.2, 0) is 0 Å². The van der Waals surface area contributed by atoms with Gasteiger partial charge in [0, 0.05) is 0 Å². The van der Waals surface area contributed by atoms with Gasteiger partial charge in [-0.1, -0.05) is 34.6 Å². The van der Waals surface area contributed by atoms with E-state index in [4.69, 9.17) is 0 Å². The predicted molar refractivity (Wildman–Crippen MR) is 42.8 cm³/mol. The molecular formula is C9H18. The Labute approximate surface area is 59.7 Å². The van der Waals surface area contributed by atoms with Crippen molar-refractivity contribution in [1.29, 1.82) is 0 Å². The lowest BCUT2D eigenvalue weighted by atomic mass is 9.90. The van der Waals surface area contributed by atoms with Crippen molar-refractivity contribution < 1.29 is 0 Å². The van der Waals surface area contributed by atoms with Crippen molar-refractivity contribution in [1.82, 2.24) is 0 Å². The van der Waals surface area contributed by atoms with Gasteiger partial charge in [0.2, 0.25) is 0 Å². The van der Waals surface area contributed by atoms with Gasteiger partial charge in [0.15, 0.2) is 0 Å². The normalized spacial score (nSPS) is 15.0. The molecule has 0 heteroatoms. The van der Waals surface area contributed by atoms with E-state index in [9.17, 15) is 0 Å². The maximum atomic E-state index is 3.96. The Balaban J connectivity index is 3.38. The maximum absolute atomic E-state index is 3.96. The van der Waals surface area contributed by atoms with Crippen LogP contribution in [0.25, 0.3) is 0 Å². The fraction of sp³-hybridized carbons (Fsp3) is 0.778. The standard InChI is InChI=1S/C9H18/c1-7(2)6-9(5)8(3)4/h7-9H,1,3,6H2,2,4-5H3. The third-order valence-electron chi connectivity index (χ3n) is 1.75. The van der Waals surface area contributed by atoms with E-state index in [2.05, 4.69) is 34.6 Å². The smallest absolute Gasteiger partial charge is 0.0414 e. The van der Waals surface area contributed by atoms with Crippen molar-refractivity contribution in [3.63, 3.8) is 0 Å². The molecule has 0 saturated carbocycles. The zero-order valence-electron chi connectivity index (χ0n) is 6.85. The SMILES string of the molecule is [CH2]C(C)CC(C)C([CH2])C. The molecule has 0 spiro atoms. The molecule has 0 bridgehead atoms. The van der Waals surface area contributed by atoms with Gasteiger partial charge in [-0.2, -0.15) is 0 Å². The van der Waals surface area contributed by atoms with E-state index in [0.29, 0.717) is 11.8 Å². The van der Waals surface area contributed by atoms with Gasteiger partial charge < -0.3 is 0 Å². The van der Waals surface area contributed by atoms with Crippen molar-refractivity contribution in [2.75, 3.05) is 0 Å². The first-order valence-corrected chi connectivity index (χ1v) is 3.70. The molecule has 0 rings (SSSR count). The van der Waals surface area contributed by atoms with Gasteiger partial charge in [0.25, 0.3) is 0 Å². The summed E-state index contributed by atoms with van der Waals surface area (Å²) in [6, 6.07) is 0. The Morgan fingerprint density at radius 3 is 1.67 bits per heavy atom. The summed E-state index contributed by atoms with van der Waals surface area (Å²) in [4.78, 5) is 0. The Morgan fingerprint density at radius 1 is 1.11 bits per heavy atom. The minimum absolute atomic E-state index is 0.564. The average molecular weight is 126 g/mol. The second-order valence-corrected chi connectivity index (χ2v) is 3.30. The summed E-state index contributed by atoms with van der Waals surface area (Å²) in [5, 5.41) is 0. The Hall–Kier alpha value is 0. The van der Waals surface area contributed by atoms with Gasteiger partial charge >= 0.3 is 0 Å². The van der Waals surface area contributed by atoms with E-state index in [0.717, 1.165) is 5.92 Å². The zero-order valence-corrected chi connectivity index (χ0v) is 6.85. The van der Waals surface area contributed by atoms with Gasteiger partial charge in [-0.15, -0.1) is 0 Å². The highest BCUT2D eigenvalue weighted by atomic mass is 14.1. The van der Waals surface area contributed by atoms with E-state index in [1.165, 1.54) is 6.42 Å². The molecule has 0 heterocycles. The second kappa shape index (κ2) is 3.92. The van der Waals surface area contributed by atoms with Gasteiger partial charge in [0.05, 0.1) is 0 Å². The monoisotopic (exact) mass is 126 g/mol. The van der Waals surface area contributed by atoms with Crippen LogP contribution in [0.2, 0.25) is 0 Å². The molecule has 0 nitrogen and oxygen atoms in total.